The first-order valence-electron chi connectivity index (χ1n) is 16.1. The minimum atomic E-state index is -1.29. The van der Waals surface area contributed by atoms with Crippen LogP contribution in [0.3, 0.4) is 0 Å². The van der Waals surface area contributed by atoms with Gasteiger partial charge in [-0.1, -0.05) is 73.5 Å². The van der Waals surface area contributed by atoms with Gasteiger partial charge in [0.25, 0.3) is 17.7 Å². The average Bonchev–Trinajstić information content (AvgIpc) is 3.53. The summed E-state index contributed by atoms with van der Waals surface area (Å²) in [6.45, 7) is 1.18. The lowest BCUT2D eigenvalue weighted by Crippen LogP contribution is -2.45. The van der Waals surface area contributed by atoms with Crippen LogP contribution in [0.15, 0.2) is 60.7 Å². The topological polar surface area (TPSA) is 171 Å². The van der Waals surface area contributed by atoms with Gasteiger partial charge >= 0.3 is 12.0 Å². The number of unbranched alkanes of at least 4 members (excludes halogenated alkanes) is 4. The Morgan fingerprint density at radius 2 is 1.21 bits per heavy atom. The zero-order chi connectivity index (χ0) is 33.6. The first-order valence-corrected chi connectivity index (χ1v) is 16.1. The van der Waals surface area contributed by atoms with Crippen LogP contribution in [0.1, 0.15) is 81.8 Å². The van der Waals surface area contributed by atoms with Crippen molar-refractivity contribution in [1.82, 2.24) is 25.9 Å². The number of rotatable bonds is 18. The number of nitrogens with zero attached hydrogens (tertiary/aromatic N) is 2. The quantitative estimate of drug-likeness (QED) is 0.126. The Bertz CT molecular complexity index is 1390. The summed E-state index contributed by atoms with van der Waals surface area (Å²) in [6, 6.07) is 17.9. The van der Waals surface area contributed by atoms with Crippen LogP contribution in [0, 0.1) is 0 Å². The molecule has 0 radical (unpaired) electrons. The third kappa shape index (κ3) is 9.24. The third-order valence-corrected chi connectivity index (χ3v) is 8.06. The molecule has 4 rings (SSSR count). The summed E-state index contributed by atoms with van der Waals surface area (Å²) < 4.78 is 0. The molecule has 0 atom stereocenters. The second-order valence-corrected chi connectivity index (χ2v) is 11.5. The van der Waals surface area contributed by atoms with Crippen molar-refractivity contribution in [2.24, 2.45) is 0 Å². The molecule has 2 saturated heterocycles. The van der Waals surface area contributed by atoms with Crippen molar-refractivity contribution in [2.75, 3.05) is 19.6 Å². The summed E-state index contributed by atoms with van der Waals surface area (Å²) >= 11 is 0. The van der Waals surface area contributed by atoms with Crippen LogP contribution in [-0.4, -0.2) is 71.1 Å². The molecule has 13 heteroatoms. The molecule has 47 heavy (non-hydrogen) atoms. The Hall–Kier alpha value is -5.07. The molecule has 3 N–H and O–H groups in total. The van der Waals surface area contributed by atoms with Gasteiger partial charge in [0.1, 0.15) is 0 Å². The molecule has 0 saturated carbocycles. The van der Waals surface area contributed by atoms with Gasteiger partial charge < -0.3 is 20.8 Å². The highest BCUT2D eigenvalue weighted by Crippen LogP contribution is 2.36. The van der Waals surface area contributed by atoms with Gasteiger partial charge in [-0.3, -0.25) is 28.9 Å². The van der Waals surface area contributed by atoms with Crippen LogP contribution >= 0.6 is 0 Å². The number of imide groups is 2. The highest BCUT2D eigenvalue weighted by Gasteiger charge is 2.53. The number of carbonyl (C=O) groups excluding carboxylic acids is 7. The fraction of sp³-hybridized carbons (Fsp3) is 0.441. The molecule has 13 nitrogen and oxygen atoms in total. The predicted octanol–water partition coefficient (Wildman–Crippen LogP) is 2.83. The highest BCUT2D eigenvalue weighted by molar-refractivity contribution is 6.09. The van der Waals surface area contributed by atoms with Crippen LogP contribution in [-0.2, 0) is 39.1 Å². The van der Waals surface area contributed by atoms with E-state index in [-0.39, 0.29) is 56.4 Å². The first kappa shape index (κ1) is 34.8. The Balaban J connectivity index is 1.04. The van der Waals surface area contributed by atoms with E-state index in [1.165, 1.54) is 4.90 Å². The van der Waals surface area contributed by atoms with Gasteiger partial charge in [0, 0.05) is 45.3 Å². The van der Waals surface area contributed by atoms with Crippen LogP contribution in [0.4, 0.5) is 4.79 Å². The summed E-state index contributed by atoms with van der Waals surface area (Å²) in [5.41, 5.74) is 0.0753. The van der Waals surface area contributed by atoms with Crippen LogP contribution in [0.25, 0.3) is 0 Å². The number of hydroxylamine groups is 2. The van der Waals surface area contributed by atoms with E-state index in [2.05, 4.69) is 16.0 Å². The maximum atomic E-state index is 13.7. The van der Waals surface area contributed by atoms with Gasteiger partial charge in [-0.15, -0.1) is 5.06 Å². The fourth-order valence-electron chi connectivity index (χ4n) is 5.53. The molecule has 250 valence electrons. The largest absolute Gasteiger partial charge is 0.356 e. The van der Waals surface area contributed by atoms with E-state index < -0.39 is 29.4 Å². The van der Waals surface area contributed by atoms with Crippen molar-refractivity contribution in [2.45, 2.75) is 76.2 Å². The second-order valence-electron chi connectivity index (χ2n) is 11.5. The molecule has 2 aromatic carbocycles. The normalized spacial score (nSPS) is 15.5. The fourth-order valence-corrected chi connectivity index (χ4v) is 5.53. The average molecular weight is 648 g/mol. The highest BCUT2D eigenvalue weighted by atomic mass is 16.7. The van der Waals surface area contributed by atoms with Crippen molar-refractivity contribution in [3.63, 3.8) is 0 Å². The number of hydrogen-bond acceptors (Lipinski definition) is 8. The molecule has 2 fully saturated rings. The standard InChI is InChI=1S/C34H41N5O8/c40-27(35-22-10-1-2-11-23-36-28(41)18-21-31(44)47-39-29(42)19-20-30(39)43)17-9-12-24-38-32(45)34(37-33(38)46,25-13-5-3-6-14-25)26-15-7-4-8-16-26/h3-8,13-16H,1-2,9-12,17-24H2,(H,35,40)(H,36,41)(H,37,46). The van der Waals surface area contributed by atoms with Crippen LogP contribution in [0.2, 0.25) is 0 Å². The van der Waals surface area contributed by atoms with E-state index in [4.69, 9.17) is 4.84 Å². The van der Waals surface area contributed by atoms with E-state index in [1.54, 1.807) is 0 Å². The van der Waals surface area contributed by atoms with Crippen molar-refractivity contribution >= 4 is 41.5 Å². The molecule has 7 amide bonds. The number of carbonyl (C=O) groups is 7. The van der Waals surface area contributed by atoms with E-state index in [1.807, 2.05) is 60.7 Å². The first-order chi connectivity index (χ1) is 22.7. The SMILES string of the molecule is O=C(CCCCN1C(=O)NC(c2ccccc2)(c2ccccc2)C1=O)NCCCCCCNC(=O)CCC(=O)ON1C(=O)CCC1=O. The zero-order valence-corrected chi connectivity index (χ0v) is 26.3. The molecule has 2 heterocycles. The summed E-state index contributed by atoms with van der Waals surface area (Å²) in [4.78, 5) is 91.6. The van der Waals surface area contributed by atoms with Crippen molar-refractivity contribution < 1.29 is 38.4 Å². The van der Waals surface area contributed by atoms with Crippen molar-refractivity contribution in [1.29, 1.82) is 0 Å². The lowest BCUT2D eigenvalue weighted by molar-refractivity contribution is -0.197. The molecule has 2 aliphatic rings. The molecule has 2 aliphatic heterocycles. The Morgan fingerprint density at radius 1 is 0.681 bits per heavy atom. The summed E-state index contributed by atoms with van der Waals surface area (Å²) in [6.07, 6.45) is 4.21. The lowest BCUT2D eigenvalue weighted by atomic mass is 9.82. The molecule has 2 aromatic rings. The predicted molar refractivity (Wildman–Crippen MR) is 169 cm³/mol. The van der Waals surface area contributed by atoms with E-state index in [9.17, 15) is 33.6 Å². The maximum absolute atomic E-state index is 13.7. The van der Waals surface area contributed by atoms with E-state index in [0.717, 1.165) is 25.7 Å². The number of benzene rings is 2. The minimum absolute atomic E-state index is 0.0111. The summed E-state index contributed by atoms with van der Waals surface area (Å²) in [5.74, 6) is -2.69. The Morgan fingerprint density at radius 3 is 1.77 bits per heavy atom. The molecular formula is C34H41N5O8. The minimum Gasteiger partial charge on any atom is -0.356 e. The Kier molecular flexibility index (Phi) is 12.6. The van der Waals surface area contributed by atoms with Crippen LogP contribution < -0.4 is 16.0 Å². The molecule has 0 spiro atoms. The van der Waals surface area contributed by atoms with Crippen molar-refractivity contribution in [3.05, 3.63) is 71.8 Å². The second kappa shape index (κ2) is 17.0. The lowest BCUT2D eigenvalue weighted by Gasteiger charge is -2.28. The summed E-state index contributed by atoms with van der Waals surface area (Å²) in [5, 5.41) is 9.01. The third-order valence-electron chi connectivity index (χ3n) is 8.06. The van der Waals surface area contributed by atoms with Gasteiger partial charge in [-0.05, 0) is 36.8 Å². The number of hydrogen-bond donors (Lipinski definition) is 3. The number of urea groups is 1. The molecule has 0 aliphatic carbocycles. The van der Waals surface area contributed by atoms with Gasteiger partial charge in [-0.25, -0.2) is 9.59 Å². The maximum Gasteiger partial charge on any atom is 0.333 e. The monoisotopic (exact) mass is 647 g/mol. The number of amides is 7. The van der Waals surface area contributed by atoms with Gasteiger partial charge in [0.05, 0.1) is 6.42 Å². The zero-order valence-electron chi connectivity index (χ0n) is 26.3. The Labute approximate surface area is 273 Å². The smallest absolute Gasteiger partial charge is 0.333 e. The summed E-state index contributed by atoms with van der Waals surface area (Å²) in [7, 11) is 0. The molecule has 0 bridgehead atoms. The molecular weight excluding hydrogens is 606 g/mol. The molecule has 0 unspecified atom stereocenters. The van der Waals surface area contributed by atoms with E-state index >= 15 is 0 Å². The van der Waals surface area contributed by atoms with Gasteiger partial charge in [0.15, 0.2) is 5.54 Å². The van der Waals surface area contributed by atoms with Gasteiger partial charge in [0.2, 0.25) is 11.8 Å². The van der Waals surface area contributed by atoms with Crippen molar-refractivity contribution in [3.8, 4) is 0 Å². The van der Waals surface area contributed by atoms with E-state index in [0.29, 0.717) is 42.1 Å². The van der Waals surface area contributed by atoms with Crippen LogP contribution in [0.5, 0.6) is 0 Å². The molecule has 0 aromatic heterocycles. The number of nitrogens with one attached hydrogen (secondary N) is 3. The van der Waals surface area contributed by atoms with Gasteiger partial charge in [-0.2, -0.15) is 0 Å².